The molecule has 0 spiro atoms. The number of nitrogens with one attached hydrogen (secondary N) is 1. The van der Waals surface area contributed by atoms with Crippen molar-refractivity contribution in [1.82, 2.24) is 0 Å². The number of anilines is 1. The van der Waals surface area contributed by atoms with Gasteiger partial charge in [-0.3, -0.25) is 4.79 Å². The molecular weight excluding hydrogens is 379 g/mol. The van der Waals surface area contributed by atoms with Crippen LogP contribution >= 0.6 is 0 Å². The molecule has 29 heavy (non-hydrogen) atoms. The van der Waals surface area contributed by atoms with Crippen molar-refractivity contribution in [2.75, 3.05) is 5.32 Å². The molecule has 0 bridgehead atoms. The molecule has 1 N–H and O–H groups in total. The van der Waals surface area contributed by atoms with Gasteiger partial charge in [-0.25, -0.2) is 0 Å². The molecule has 0 saturated heterocycles. The first-order valence-electron chi connectivity index (χ1n) is 9.15. The van der Waals surface area contributed by atoms with Crippen LogP contribution in [0.3, 0.4) is 0 Å². The number of hydrogen-bond donors (Lipinski definition) is 1. The average Bonchev–Trinajstić information content (AvgIpc) is 3.10. The predicted octanol–water partition coefficient (Wildman–Crippen LogP) is 5.26. The molecule has 0 heterocycles. The maximum Gasteiger partial charge on any atom is 0.573 e. The molecule has 3 aromatic rings. The van der Waals surface area contributed by atoms with Crippen molar-refractivity contribution < 1.29 is 22.7 Å². The lowest BCUT2D eigenvalue weighted by molar-refractivity contribution is -0.274. The fourth-order valence-electron chi connectivity index (χ4n) is 3.86. The van der Waals surface area contributed by atoms with Crippen molar-refractivity contribution in [3.05, 3.63) is 95.6 Å². The minimum atomic E-state index is -4.75. The van der Waals surface area contributed by atoms with Gasteiger partial charge < -0.3 is 10.1 Å². The molecular formula is C23H18F3NO2. The topological polar surface area (TPSA) is 38.3 Å². The van der Waals surface area contributed by atoms with Crippen molar-refractivity contribution in [3.8, 4) is 5.75 Å². The second kappa shape index (κ2) is 7.28. The Morgan fingerprint density at radius 1 is 0.828 bits per heavy atom. The summed E-state index contributed by atoms with van der Waals surface area (Å²) in [5, 5.41) is 2.87. The first kappa shape index (κ1) is 19.1. The van der Waals surface area contributed by atoms with Gasteiger partial charge in [-0.15, -0.1) is 13.2 Å². The van der Waals surface area contributed by atoms with Gasteiger partial charge in [0.1, 0.15) is 5.75 Å². The first-order chi connectivity index (χ1) is 13.9. The van der Waals surface area contributed by atoms with Crippen LogP contribution in [-0.2, 0) is 23.1 Å². The van der Waals surface area contributed by atoms with Gasteiger partial charge in [0.15, 0.2) is 0 Å². The zero-order valence-corrected chi connectivity index (χ0v) is 15.4. The summed E-state index contributed by atoms with van der Waals surface area (Å²) in [5.74, 6) is -0.522. The van der Waals surface area contributed by atoms with Gasteiger partial charge in [0.05, 0.1) is 5.41 Å². The fourth-order valence-corrected chi connectivity index (χ4v) is 3.86. The summed E-state index contributed by atoms with van der Waals surface area (Å²) >= 11 is 0. The summed E-state index contributed by atoms with van der Waals surface area (Å²) in [7, 11) is 0. The number of ether oxygens (including phenoxy) is 1. The highest BCUT2D eigenvalue weighted by Crippen LogP contribution is 2.41. The molecule has 3 nitrogen and oxygen atoms in total. The zero-order chi connectivity index (χ0) is 20.5. The van der Waals surface area contributed by atoms with Crippen molar-refractivity contribution >= 4 is 11.6 Å². The Hall–Kier alpha value is -3.28. The lowest BCUT2D eigenvalue weighted by Gasteiger charge is -2.28. The normalized spacial score (nSPS) is 14.9. The monoisotopic (exact) mass is 397 g/mol. The van der Waals surface area contributed by atoms with Crippen LogP contribution in [0, 0.1) is 0 Å². The largest absolute Gasteiger partial charge is 0.573 e. The van der Waals surface area contributed by atoms with E-state index in [4.69, 9.17) is 0 Å². The molecule has 0 saturated carbocycles. The summed E-state index contributed by atoms with van der Waals surface area (Å²) in [4.78, 5) is 13.4. The molecule has 0 aliphatic heterocycles. The lowest BCUT2D eigenvalue weighted by Crippen LogP contribution is -2.41. The van der Waals surface area contributed by atoms with E-state index in [0.717, 1.165) is 16.7 Å². The number of fused-ring (bicyclic) bond motifs is 1. The van der Waals surface area contributed by atoms with Gasteiger partial charge in [-0.05, 0) is 53.8 Å². The second-order valence-corrected chi connectivity index (χ2v) is 7.10. The molecule has 3 aromatic carbocycles. The Morgan fingerprint density at radius 2 is 1.38 bits per heavy atom. The van der Waals surface area contributed by atoms with Crippen LogP contribution in [-0.4, -0.2) is 12.3 Å². The number of rotatable bonds is 4. The number of carbonyl (C=O) groups is 1. The van der Waals surface area contributed by atoms with E-state index in [2.05, 4.69) is 10.1 Å². The summed E-state index contributed by atoms with van der Waals surface area (Å²) in [6.45, 7) is 0. The molecule has 0 fully saturated rings. The Bertz CT molecular complexity index is 989. The van der Waals surface area contributed by atoms with Crippen molar-refractivity contribution in [1.29, 1.82) is 0 Å². The third-order valence-electron chi connectivity index (χ3n) is 5.21. The average molecular weight is 397 g/mol. The van der Waals surface area contributed by atoms with E-state index in [1.54, 1.807) is 0 Å². The first-order valence-corrected chi connectivity index (χ1v) is 9.15. The molecule has 4 rings (SSSR count). The van der Waals surface area contributed by atoms with Crippen LogP contribution in [0.4, 0.5) is 18.9 Å². The number of hydrogen-bond acceptors (Lipinski definition) is 2. The Kier molecular flexibility index (Phi) is 4.78. The van der Waals surface area contributed by atoms with E-state index in [1.807, 2.05) is 54.6 Å². The van der Waals surface area contributed by atoms with Crippen LogP contribution in [0.5, 0.6) is 5.75 Å². The van der Waals surface area contributed by atoms with Crippen molar-refractivity contribution in [3.63, 3.8) is 0 Å². The number of halogens is 3. The maximum absolute atomic E-state index is 13.4. The van der Waals surface area contributed by atoms with Crippen molar-refractivity contribution in [2.24, 2.45) is 0 Å². The van der Waals surface area contributed by atoms with Crippen LogP contribution in [0.15, 0.2) is 78.9 Å². The Labute approximate surface area is 166 Å². The van der Waals surface area contributed by atoms with E-state index < -0.39 is 11.8 Å². The zero-order valence-electron chi connectivity index (χ0n) is 15.4. The molecule has 1 aliphatic rings. The minimum Gasteiger partial charge on any atom is -0.406 e. The molecule has 0 atom stereocenters. The molecule has 148 valence electrons. The fraction of sp³-hybridized carbons (Fsp3) is 0.174. The van der Waals surface area contributed by atoms with Gasteiger partial charge in [0.2, 0.25) is 5.91 Å². The van der Waals surface area contributed by atoms with Gasteiger partial charge in [-0.1, -0.05) is 54.6 Å². The number of carbonyl (C=O) groups excluding carboxylic acids is 1. The molecule has 6 heteroatoms. The quantitative estimate of drug-likeness (QED) is 0.652. The van der Waals surface area contributed by atoms with Gasteiger partial charge in [0.25, 0.3) is 0 Å². The summed E-state index contributed by atoms with van der Waals surface area (Å²) in [6, 6.07) is 22.7. The standard InChI is InChI=1S/C23H18F3NO2/c24-23(25,26)29-20-12-10-19(11-13-20)27-21(28)22(18-8-2-1-3-9-18)14-16-6-4-5-7-17(16)15-22/h1-13H,14-15H2,(H,27,28). The van der Waals surface area contributed by atoms with Crippen LogP contribution in [0.1, 0.15) is 16.7 Å². The number of amides is 1. The van der Waals surface area contributed by atoms with Crippen LogP contribution < -0.4 is 10.1 Å². The van der Waals surface area contributed by atoms with E-state index in [1.165, 1.54) is 24.3 Å². The smallest absolute Gasteiger partial charge is 0.406 e. The second-order valence-electron chi connectivity index (χ2n) is 7.10. The highest BCUT2D eigenvalue weighted by atomic mass is 19.4. The molecule has 1 aliphatic carbocycles. The van der Waals surface area contributed by atoms with Gasteiger partial charge in [-0.2, -0.15) is 0 Å². The van der Waals surface area contributed by atoms with E-state index in [0.29, 0.717) is 18.5 Å². The summed E-state index contributed by atoms with van der Waals surface area (Å²) < 4.78 is 40.9. The van der Waals surface area contributed by atoms with Crippen molar-refractivity contribution in [2.45, 2.75) is 24.6 Å². The third-order valence-corrected chi connectivity index (χ3v) is 5.21. The Morgan fingerprint density at radius 3 is 1.93 bits per heavy atom. The lowest BCUT2D eigenvalue weighted by atomic mass is 9.76. The van der Waals surface area contributed by atoms with E-state index >= 15 is 0 Å². The van der Waals surface area contributed by atoms with Gasteiger partial charge >= 0.3 is 6.36 Å². The highest BCUT2D eigenvalue weighted by molar-refractivity contribution is 6.00. The Balaban J connectivity index is 1.61. The summed E-state index contributed by atoms with van der Waals surface area (Å²) in [6.07, 6.45) is -3.62. The van der Waals surface area contributed by atoms with E-state index in [9.17, 15) is 18.0 Å². The molecule has 1 amide bonds. The van der Waals surface area contributed by atoms with Gasteiger partial charge in [0, 0.05) is 5.69 Å². The number of benzene rings is 3. The molecule has 0 unspecified atom stereocenters. The van der Waals surface area contributed by atoms with E-state index in [-0.39, 0.29) is 11.7 Å². The summed E-state index contributed by atoms with van der Waals surface area (Å²) in [5.41, 5.74) is 2.80. The van der Waals surface area contributed by atoms with Crippen LogP contribution in [0.25, 0.3) is 0 Å². The maximum atomic E-state index is 13.4. The number of alkyl halides is 3. The predicted molar refractivity (Wildman–Crippen MR) is 104 cm³/mol. The third kappa shape index (κ3) is 3.97. The highest BCUT2D eigenvalue weighted by Gasteiger charge is 2.45. The molecule has 0 radical (unpaired) electrons. The van der Waals surface area contributed by atoms with Crippen LogP contribution in [0.2, 0.25) is 0 Å². The minimum absolute atomic E-state index is 0.190. The SMILES string of the molecule is O=C(Nc1ccc(OC(F)(F)F)cc1)C1(c2ccccc2)Cc2ccccc2C1. The molecule has 0 aromatic heterocycles.